The Morgan fingerprint density at radius 3 is 2.47 bits per heavy atom. The summed E-state index contributed by atoms with van der Waals surface area (Å²) in [7, 11) is 0. The zero-order valence-electron chi connectivity index (χ0n) is 17.1. The van der Waals surface area contributed by atoms with Crippen molar-refractivity contribution in [2.75, 3.05) is 5.32 Å². The lowest BCUT2D eigenvalue weighted by atomic mass is 10.1. The predicted molar refractivity (Wildman–Crippen MR) is 128 cm³/mol. The van der Waals surface area contributed by atoms with Crippen LogP contribution in [0.1, 0.15) is 11.1 Å². The maximum atomic E-state index is 12.6. The Kier molecular flexibility index (Phi) is 6.50. The Hall–Kier alpha value is -4.07. The first kappa shape index (κ1) is 21.2. The number of rotatable bonds is 6. The molecule has 4 rings (SSSR count). The summed E-state index contributed by atoms with van der Waals surface area (Å²) in [5.74, 6) is 0.0890. The van der Waals surface area contributed by atoms with Crippen molar-refractivity contribution < 1.29 is 9.53 Å². The van der Waals surface area contributed by atoms with Gasteiger partial charge in [0.15, 0.2) is 0 Å². The minimum absolute atomic E-state index is 0.0267. The average molecular weight is 439 g/mol. The van der Waals surface area contributed by atoms with Gasteiger partial charge in [-0.2, -0.15) is 5.26 Å². The lowest BCUT2D eigenvalue weighted by molar-refractivity contribution is -0.112. The van der Waals surface area contributed by atoms with Gasteiger partial charge in [0, 0.05) is 16.3 Å². The second-order valence-corrected chi connectivity index (χ2v) is 7.53. The highest BCUT2D eigenvalue weighted by Gasteiger charge is 2.12. The number of carbonyl (C=O) groups excluding carboxylic acids is 1. The number of anilines is 1. The number of hydrogen-bond acceptors (Lipinski definition) is 3. The van der Waals surface area contributed by atoms with E-state index in [2.05, 4.69) is 23.5 Å². The Morgan fingerprint density at radius 2 is 1.66 bits per heavy atom. The molecular weight excluding hydrogens is 420 g/mol. The molecule has 5 heteroatoms. The smallest absolute Gasteiger partial charge is 0.266 e. The first-order chi connectivity index (χ1) is 15.6. The SMILES string of the molecule is N#CC(=Cc1ccccc1OCc1cccc2ccccc12)C(=O)Nc1ccc(Cl)cc1. The highest BCUT2D eigenvalue weighted by atomic mass is 35.5. The molecule has 0 bridgehead atoms. The van der Waals surface area contributed by atoms with Crippen LogP contribution in [0, 0.1) is 11.3 Å². The second-order valence-electron chi connectivity index (χ2n) is 7.10. The molecule has 4 aromatic rings. The highest BCUT2D eigenvalue weighted by molar-refractivity contribution is 6.30. The zero-order valence-corrected chi connectivity index (χ0v) is 17.8. The molecule has 4 nitrogen and oxygen atoms in total. The van der Waals surface area contributed by atoms with Crippen molar-refractivity contribution in [3.63, 3.8) is 0 Å². The van der Waals surface area contributed by atoms with E-state index < -0.39 is 5.91 Å². The molecule has 0 spiro atoms. The first-order valence-electron chi connectivity index (χ1n) is 10.0. The van der Waals surface area contributed by atoms with Gasteiger partial charge in [-0.1, -0.05) is 72.3 Å². The Bertz CT molecular complexity index is 1330. The van der Waals surface area contributed by atoms with Crippen LogP contribution in [0.4, 0.5) is 5.69 Å². The largest absolute Gasteiger partial charge is 0.488 e. The predicted octanol–water partition coefficient (Wildman–Crippen LogP) is 6.62. The molecule has 1 amide bonds. The van der Waals surface area contributed by atoms with Gasteiger partial charge in [0.2, 0.25) is 0 Å². The number of ether oxygens (including phenoxy) is 1. The van der Waals surface area contributed by atoms with Gasteiger partial charge in [-0.05, 0) is 52.7 Å². The second kappa shape index (κ2) is 9.82. The lowest BCUT2D eigenvalue weighted by Crippen LogP contribution is -2.13. The summed E-state index contributed by atoms with van der Waals surface area (Å²) in [6.07, 6.45) is 1.53. The molecule has 0 heterocycles. The van der Waals surface area contributed by atoms with E-state index in [0.29, 0.717) is 28.6 Å². The lowest BCUT2D eigenvalue weighted by Gasteiger charge is -2.12. The number of fused-ring (bicyclic) bond motifs is 1. The van der Waals surface area contributed by atoms with E-state index in [-0.39, 0.29) is 5.57 Å². The fraction of sp³-hybridized carbons (Fsp3) is 0.0370. The van der Waals surface area contributed by atoms with E-state index in [9.17, 15) is 10.1 Å². The summed E-state index contributed by atoms with van der Waals surface area (Å²) in [5, 5.41) is 15.1. The van der Waals surface area contributed by atoms with E-state index in [1.807, 2.05) is 54.6 Å². The van der Waals surface area contributed by atoms with Crippen molar-refractivity contribution in [1.82, 2.24) is 0 Å². The van der Waals surface area contributed by atoms with E-state index in [4.69, 9.17) is 16.3 Å². The Balaban J connectivity index is 1.55. The minimum Gasteiger partial charge on any atom is -0.488 e. The van der Waals surface area contributed by atoms with E-state index in [1.54, 1.807) is 24.3 Å². The molecule has 0 aliphatic heterocycles. The van der Waals surface area contributed by atoms with Crippen LogP contribution in [0.15, 0.2) is 96.6 Å². The monoisotopic (exact) mass is 438 g/mol. The maximum absolute atomic E-state index is 12.6. The molecule has 0 atom stereocenters. The highest BCUT2D eigenvalue weighted by Crippen LogP contribution is 2.25. The number of nitrogens with one attached hydrogen (secondary N) is 1. The van der Waals surface area contributed by atoms with Crippen LogP contribution >= 0.6 is 11.6 Å². The van der Waals surface area contributed by atoms with Crippen molar-refractivity contribution >= 4 is 40.0 Å². The number of halogens is 1. The number of nitrogens with zero attached hydrogens (tertiary/aromatic N) is 1. The van der Waals surface area contributed by atoms with Crippen LogP contribution < -0.4 is 10.1 Å². The number of hydrogen-bond donors (Lipinski definition) is 1. The normalized spacial score (nSPS) is 11.1. The molecule has 4 aromatic carbocycles. The molecular formula is C27H19ClN2O2. The molecule has 0 aromatic heterocycles. The van der Waals surface area contributed by atoms with Crippen LogP contribution in [0.2, 0.25) is 5.02 Å². The fourth-order valence-corrected chi connectivity index (χ4v) is 3.47. The summed E-state index contributed by atoms with van der Waals surface area (Å²) in [5.41, 5.74) is 2.24. The van der Waals surface area contributed by atoms with Crippen LogP contribution in [0.25, 0.3) is 16.8 Å². The summed E-state index contributed by atoms with van der Waals surface area (Å²) in [6, 6.07) is 30.2. The molecule has 32 heavy (non-hydrogen) atoms. The van der Waals surface area contributed by atoms with Crippen LogP contribution in [-0.4, -0.2) is 5.91 Å². The molecule has 0 saturated carbocycles. The van der Waals surface area contributed by atoms with Gasteiger partial charge in [-0.3, -0.25) is 4.79 Å². The first-order valence-corrected chi connectivity index (χ1v) is 10.4. The van der Waals surface area contributed by atoms with Gasteiger partial charge in [-0.25, -0.2) is 0 Å². The molecule has 0 radical (unpaired) electrons. The number of carbonyl (C=O) groups is 1. The molecule has 0 unspecified atom stereocenters. The third-order valence-corrected chi connectivity index (χ3v) is 5.20. The third-order valence-electron chi connectivity index (χ3n) is 4.95. The van der Waals surface area contributed by atoms with E-state index in [1.165, 1.54) is 6.08 Å². The molecule has 0 fully saturated rings. The van der Waals surface area contributed by atoms with E-state index in [0.717, 1.165) is 16.3 Å². The van der Waals surface area contributed by atoms with Crippen molar-refractivity contribution in [2.45, 2.75) is 6.61 Å². The summed E-state index contributed by atoms with van der Waals surface area (Å²) in [6.45, 7) is 0.366. The topological polar surface area (TPSA) is 62.1 Å². The summed E-state index contributed by atoms with van der Waals surface area (Å²) >= 11 is 5.88. The average Bonchev–Trinajstić information content (AvgIpc) is 2.83. The molecule has 1 N–H and O–H groups in total. The molecule has 0 saturated heterocycles. The van der Waals surface area contributed by atoms with Crippen LogP contribution in [0.3, 0.4) is 0 Å². The quantitative estimate of drug-likeness (QED) is 0.272. The number of amides is 1. The number of para-hydroxylation sites is 1. The summed E-state index contributed by atoms with van der Waals surface area (Å²) < 4.78 is 6.09. The molecule has 156 valence electrons. The Morgan fingerprint density at radius 1 is 0.938 bits per heavy atom. The zero-order chi connectivity index (χ0) is 22.3. The van der Waals surface area contributed by atoms with Crippen molar-refractivity contribution in [3.05, 3.63) is 113 Å². The van der Waals surface area contributed by atoms with Crippen LogP contribution in [0.5, 0.6) is 5.75 Å². The van der Waals surface area contributed by atoms with Crippen molar-refractivity contribution in [2.24, 2.45) is 0 Å². The van der Waals surface area contributed by atoms with Gasteiger partial charge >= 0.3 is 0 Å². The van der Waals surface area contributed by atoms with Gasteiger partial charge in [-0.15, -0.1) is 0 Å². The molecule has 0 aliphatic carbocycles. The fourth-order valence-electron chi connectivity index (χ4n) is 3.34. The van der Waals surface area contributed by atoms with Crippen molar-refractivity contribution in [1.29, 1.82) is 5.26 Å². The van der Waals surface area contributed by atoms with Crippen LogP contribution in [-0.2, 0) is 11.4 Å². The number of benzene rings is 4. The van der Waals surface area contributed by atoms with Gasteiger partial charge < -0.3 is 10.1 Å². The minimum atomic E-state index is -0.501. The maximum Gasteiger partial charge on any atom is 0.266 e. The number of nitriles is 1. The van der Waals surface area contributed by atoms with E-state index >= 15 is 0 Å². The Labute approximate surface area is 191 Å². The molecule has 0 aliphatic rings. The summed E-state index contributed by atoms with van der Waals surface area (Å²) in [4.78, 5) is 12.6. The van der Waals surface area contributed by atoms with Gasteiger partial charge in [0.1, 0.15) is 24.0 Å². The standard InChI is InChI=1S/C27H19ClN2O2/c28-23-12-14-24(15-13-23)30-27(31)22(17-29)16-20-7-2-4-11-26(20)32-18-21-9-5-8-19-6-1-3-10-25(19)21/h1-16H,18H2,(H,30,31). The van der Waals surface area contributed by atoms with Gasteiger partial charge in [0.05, 0.1) is 0 Å². The van der Waals surface area contributed by atoms with Crippen molar-refractivity contribution in [3.8, 4) is 11.8 Å². The third kappa shape index (κ3) is 4.97. The van der Waals surface area contributed by atoms with Gasteiger partial charge in [0.25, 0.3) is 5.91 Å².